The Morgan fingerprint density at radius 3 is 1.44 bits per heavy atom. The number of nitrogens with one attached hydrogen (secondary N) is 1. The Bertz CT molecular complexity index is 3560. The molecular weight excluding hydrogens is 1230 g/mol. The fourth-order valence-corrected chi connectivity index (χ4v) is 12.0. The van der Waals surface area contributed by atoms with Gasteiger partial charge < -0.3 is 39.9 Å². The molecule has 15 nitrogen and oxygen atoms in total. The first kappa shape index (κ1) is 65.9. The number of rotatable bonds is 11. The Hall–Kier alpha value is -8.02. The van der Waals surface area contributed by atoms with Crippen molar-refractivity contribution in [2.75, 3.05) is 52.4 Å². The van der Waals surface area contributed by atoms with Crippen molar-refractivity contribution in [2.24, 2.45) is 23.7 Å². The number of thiazole rings is 2. The topological polar surface area (TPSA) is 203 Å². The lowest BCUT2D eigenvalue weighted by Gasteiger charge is -2.46. The molecule has 6 aromatic carbocycles. The van der Waals surface area contributed by atoms with Crippen molar-refractivity contribution in [3.8, 4) is 28.0 Å². The maximum Gasteiger partial charge on any atom is 0.569 e. The van der Waals surface area contributed by atoms with E-state index in [4.69, 9.17) is 19.9 Å². The molecule has 3 amide bonds. The van der Waals surface area contributed by atoms with Crippen molar-refractivity contribution in [3.63, 3.8) is 0 Å². The van der Waals surface area contributed by atoms with Crippen LogP contribution in [0.5, 0.6) is 5.75 Å². The van der Waals surface area contributed by atoms with Crippen molar-refractivity contribution >= 4 is 75.9 Å². The van der Waals surface area contributed by atoms with Crippen LogP contribution >= 0.6 is 38.6 Å². The third-order valence-corrected chi connectivity index (χ3v) is 17.7. The number of amides is 3. The second kappa shape index (κ2) is 31.8. The molecule has 0 spiro atoms. The Morgan fingerprint density at radius 1 is 0.557 bits per heavy atom. The van der Waals surface area contributed by atoms with E-state index in [1.807, 2.05) is 82.5 Å². The van der Waals surface area contributed by atoms with E-state index >= 15 is 0 Å². The lowest BCUT2D eigenvalue weighted by molar-refractivity contribution is -0.137. The molecule has 0 unspecified atom stereocenters. The second-order valence-electron chi connectivity index (χ2n) is 21.6. The number of halogens is 4. The predicted octanol–water partition coefficient (Wildman–Crippen LogP) is 13.1. The Morgan fingerprint density at radius 2 is 1.01 bits per heavy atom. The second-order valence-corrected chi connectivity index (χ2v) is 24.3. The number of alkyl halides is 3. The van der Waals surface area contributed by atoms with E-state index in [1.54, 1.807) is 90.6 Å². The molecule has 0 aliphatic carbocycles. The lowest BCUT2D eigenvalue weighted by Crippen LogP contribution is -2.54. The molecule has 4 N–H and O–H groups in total. The van der Waals surface area contributed by atoms with Gasteiger partial charge in [0.05, 0.1) is 16.7 Å². The summed E-state index contributed by atoms with van der Waals surface area (Å²) < 4.78 is 44.6. The lowest BCUT2D eigenvalue weighted by atomic mass is 9.79. The van der Waals surface area contributed by atoms with Crippen LogP contribution in [0.4, 0.5) is 13.2 Å². The van der Waals surface area contributed by atoms with Gasteiger partial charge in [0.1, 0.15) is 5.75 Å². The van der Waals surface area contributed by atoms with Gasteiger partial charge in [-0.15, -0.1) is 22.7 Å². The number of carboxylic acids is 2. The Labute approximate surface area is 526 Å². The summed E-state index contributed by atoms with van der Waals surface area (Å²) in [6.07, 6.45) is 3.11. The number of piperidine rings is 2. The van der Waals surface area contributed by atoms with E-state index in [0.29, 0.717) is 89.3 Å². The van der Waals surface area contributed by atoms with Crippen LogP contribution in [0.3, 0.4) is 0 Å². The van der Waals surface area contributed by atoms with Gasteiger partial charge in [0.25, 0.3) is 17.7 Å². The average Bonchev–Trinajstić information content (AvgIpc) is 2.78. The van der Waals surface area contributed by atoms with Crippen molar-refractivity contribution in [1.82, 2.24) is 30.0 Å². The van der Waals surface area contributed by atoms with E-state index < -0.39 is 23.7 Å². The van der Waals surface area contributed by atoms with Gasteiger partial charge in [-0.05, 0) is 177 Å². The SMILES string of the molecule is Cc1cccc(-c2ccc(C(=O)O)cc2)c1.Cc1cccc(O[B]O)c1.O=C(O)c1ccc(Br)cc1.O=C(c1ccc(-c2cccc(C(F)(F)F)c2)cc1)N1CC(C2CCN(C(=O)c3nccs3)CC2)C1.O=C(c1nccs1)N1CCC(C2CNC2)CC1. The third kappa shape index (κ3) is 18.8. The fraction of sp³-hybridized carbons (Fsp3) is 0.288. The molecule has 22 heteroatoms. The normalized spacial score (nSPS) is 15.1. The van der Waals surface area contributed by atoms with E-state index in [1.165, 1.54) is 47.4 Å². The summed E-state index contributed by atoms with van der Waals surface area (Å²) in [4.78, 5) is 72.3. The van der Waals surface area contributed by atoms with Crippen LogP contribution in [0.1, 0.15) is 93.1 Å². The van der Waals surface area contributed by atoms with Crippen LogP contribution in [0.15, 0.2) is 173 Å². The van der Waals surface area contributed by atoms with Crippen LogP contribution in [0, 0.1) is 37.5 Å². The summed E-state index contributed by atoms with van der Waals surface area (Å²) in [5, 5.41) is 33.7. The smallest absolute Gasteiger partial charge is 0.537 e. The van der Waals surface area contributed by atoms with E-state index in [0.717, 1.165) is 83.9 Å². The van der Waals surface area contributed by atoms with Gasteiger partial charge in [-0.3, -0.25) is 14.4 Å². The summed E-state index contributed by atoms with van der Waals surface area (Å²) in [6.45, 7) is 11.0. The highest BCUT2D eigenvalue weighted by atomic mass is 79.9. The summed E-state index contributed by atoms with van der Waals surface area (Å²) in [5.41, 5.74) is 6.00. The summed E-state index contributed by atoms with van der Waals surface area (Å²) in [6, 6.07) is 40.9. The van der Waals surface area contributed by atoms with Crippen molar-refractivity contribution in [2.45, 2.75) is 45.7 Å². The van der Waals surface area contributed by atoms with Gasteiger partial charge >= 0.3 is 25.8 Å². The van der Waals surface area contributed by atoms with Crippen LogP contribution in [-0.2, 0) is 6.18 Å². The van der Waals surface area contributed by atoms with Crippen molar-refractivity contribution in [3.05, 3.63) is 217 Å². The van der Waals surface area contributed by atoms with Gasteiger partial charge in [-0.2, -0.15) is 13.2 Å². The zero-order valence-corrected chi connectivity index (χ0v) is 51.6. The minimum atomic E-state index is -4.40. The molecule has 88 heavy (non-hydrogen) atoms. The number of aromatic carboxylic acids is 2. The van der Waals surface area contributed by atoms with Gasteiger partial charge in [0, 0.05) is 72.5 Å². The number of carbonyl (C=O) groups is 5. The molecular formula is C66H66BBrF3N6O9S2. The number of nitrogens with zero attached hydrogens (tertiary/aromatic N) is 5. The number of aryl methyl sites for hydroxylation is 2. The maximum atomic E-state index is 13.0. The molecule has 0 atom stereocenters. The molecule has 0 saturated carbocycles. The van der Waals surface area contributed by atoms with Crippen LogP contribution in [-0.4, -0.2) is 130 Å². The molecule has 1 radical (unpaired) electrons. The minimum absolute atomic E-state index is 0.00237. The summed E-state index contributed by atoms with van der Waals surface area (Å²) >= 11 is 6.00. The number of aromatic nitrogens is 2. The zero-order valence-electron chi connectivity index (χ0n) is 48.4. The number of hydrogen-bond donors (Lipinski definition) is 4. The number of benzene rings is 6. The van der Waals surface area contributed by atoms with Gasteiger partial charge in [0.2, 0.25) is 0 Å². The van der Waals surface area contributed by atoms with Crippen LogP contribution in [0.2, 0.25) is 0 Å². The molecule has 2 aromatic heterocycles. The number of likely N-dealkylation sites (tertiary alicyclic amines) is 3. The molecule has 4 aliphatic rings. The van der Waals surface area contributed by atoms with Crippen LogP contribution < -0.4 is 9.97 Å². The number of hydrogen-bond acceptors (Lipinski definition) is 12. The molecule has 8 aromatic rings. The number of carbonyl (C=O) groups excluding carboxylic acids is 3. The quantitative estimate of drug-likeness (QED) is 0.0894. The average molecular weight is 1300 g/mol. The van der Waals surface area contributed by atoms with Crippen LogP contribution in [0.25, 0.3) is 22.3 Å². The maximum absolute atomic E-state index is 13.0. The van der Waals surface area contributed by atoms with Crippen molar-refractivity contribution < 1.29 is 57.0 Å². The Kier molecular flexibility index (Phi) is 23.8. The minimum Gasteiger partial charge on any atom is -0.537 e. The van der Waals surface area contributed by atoms with E-state index in [2.05, 4.69) is 37.3 Å². The van der Waals surface area contributed by atoms with Crippen molar-refractivity contribution in [1.29, 1.82) is 0 Å². The molecule has 12 rings (SSSR count). The molecule has 4 fully saturated rings. The number of carboxylic acid groups (broad SMARTS) is 2. The first-order valence-electron chi connectivity index (χ1n) is 28.6. The molecule has 4 aliphatic heterocycles. The fourth-order valence-electron chi connectivity index (χ4n) is 10.5. The highest BCUT2D eigenvalue weighted by molar-refractivity contribution is 9.10. The summed E-state index contributed by atoms with van der Waals surface area (Å²) in [5.74, 6) is 1.51. The Balaban J connectivity index is 0.000000158. The monoisotopic (exact) mass is 1300 g/mol. The first-order chi connectivity index (χ1) is 42.3. The highest BCUT2D eigenvalue weighted by Crippen LogP contribution is 2.35. The molecule has 6 heterocycles. The zero-order chi connectivity index (χ0) is 62.7. The van der Waals surface area contributed by atoms with E-state index in [9.17, 15) is 37.1 Å². The largest absolute Gasteiger partial charge is 0.569 e. The third-order valence-electron chi connectivity index (χ3n) is 15.6. The van der Waals surface area contributed by atoms with E-state index in [-0.39, 0.29) is 17.7 Å². The van der Waals surface area contributed by atoms with Gasteiger partial charge in [-0.1, -0.05) is 94.3 Å². The summed E-state index contributed by atoms with van der Waals surface area (Å²) in [7, 11) is 0.675. The van der Waals surface area contributed by atoms with Gasteiger partial charge in [-0.25, -0.2) is 19.6 Å². The molecule has 4 saturated heterocycles. The highest BCUT2D eigenvalue weighted by Gasteiger charge is 2.39. The predicted molar refractivity (Wildman–Crippen MR) is 339 cm³/mol. The molecule has 0 bridgehead atoms. The van der Waals surface area contributed by atoms with Gasteiger partial charge in [0.15, 0.2) is 10.0 Å². The molecule has 457 valence electrons. The first-order valence-corrected chi connectivity index (χ1v) is 31.1. The standard InChI is InChI=1S/C26H24F3N3O2S.C14H12O2.C12H17N3OS.C7H8BO2.C7H5BrO2/c27-26(28,29)22-3-1-2-20(14-22)17-4-6-19(7-5-17)24(33)32-15-21(16-32)18-8-11-31(12-9-18)25(34)23-30-10-13-35-23;1-10-3-2-4-13(9-10)11-5-7-12(8-6-11)14(15)16;16-12(11-14-3-6-17-11)15-4-1-9(2-5-15)10-7-13-8-10;1-6-3-2-4-7(5-6)10-8-9;8-6-3-1-5(2-4-6)7(9)10/h1-7,10,13-14,18,21H,8-9,11-12,15-16H2;2-9H,1H3,(H,15,16);3,6,9-10,13H,1-2,4-5,7-8H2;2-5,9H,1H3;1-4H,(H,9,10).